The normalized spacial score (nSPS) is 11.2. The SMILES string of the molecule is O=C(Nc1ccccc1SCC(F)(F)F)c1cccnc1. The van der Waals surface area contributed by atoms with Crippen molar-refractivity contribution in [3.05, 3.63) is 54.4 Å². The summed E-state index contributed by atoms with van der Waals surface area (Å²) in [5.41, 5.74) is 0.689. The number of aromatic nitrogens is 1. The Hall–Kier alpha value is -2.02. The van der Waals surface area contributed by atoms with E-state index < -0.39 is 17.8 Å². The molecule has 3 nitrogen and oxygen atoms in total. The monoisotopic (exact) mass is 312 g/mol. The van der Waals surface area contributed by atoms with Crippen LogP contribution >= 0.6 is 11.8 Å². The number of nitrogens with zero attached hydrogens (tertiary/aromatic N) is 1. The van der Waals surface area contributed by atoms with Gasteiger partial charge in [0.15, 0.2) is 0 Å². The largest absolute Gasteiger partial charge is 0.398 e. The number of alkyl halides is 3. The summed E-state index contributed by atoms with van der Waals surface area (Å²) >= 11 is 0.636. The highest BCUT2D eigenvalue weighted by Gasteiger charge is 2.27. The van der Waals surface area contributed by atoms with Crippen molar-refractivity contribution in [3.8, 4) is 0 Å². The summed E-state index contributed by atoms with van der Waals surface area (Å²) in [4.78, 5) is 16.2. The standard InChI is InChI=1S/C14H11F3N2OS/c15-14(16,17)9-21-12-6-2-1-5-11(12)19-13(20)10-4-3-7-18-8-10/h1-8H,9H2,(H,19,20). The van der Waals surface area contributed by atoms with Crippen molar-refractivity contribution in [2.75, 3.05) is 11.1 Å². The second kappa shape index (κ2) is 6.62. The van der Waals surface area contributed by atoms with E-state index in [9.17, 15) is 18.0 Å². The molecular weight excluding hydrogens is 301 g/mol. The third-order valence-electron chi connectivity index (χ3n) is 2.45. The van der Waals surface area contributed by atoms with E-state index in [1.165, 1.54) is 18.5 Å². The van der Waals surface area contributed by atoms with Crippen LogP contribution in [0, 0.1) is 0 Å². The van der Waals surface area contributed by atoms with E-state index in [4.69, 9.17) is 0 Å². The molecule has 1 aromatic carbocycles. The molecule has 21 heavy (non-hydrogen) atoms. The van der Waals surface area contributed by atoms with Crippen molar-refractivity contribution in [1.82, 2.24) is 4.98 Å². The topological polar surface area (TPSA) is 42.0 Å². The summed E-state index contributed by atoms with van der Waals surface area (Å²) in [6, 6.07) is 9.56. The number of rotatable bonds is 4. The highest BCUT2D eigenvalue weighted by atomic mass is 32.2. The highest BCUT2D eigenvalue weighted by molar-refractivity contribution is 7.99. The number of hydrogen-bond acceptors (Lipinski definition) is 3. The van der Waals surface area contributed by atoms with Crippen molar-refractivity contribution >= 4 is 23.4 Å². The summed E-state index contributed by atoms with van der Waals surface area (Å²) in [5, 5.41) is 2.60. The molecule has 0 aliphatic carbocycles. The Labute approximate surface area is 123 Å². The molecule has 1 aromatic heterocycles. The molecule has 0 saturated carbocycles. The van der Waals surface area contributed by atoms with E-state index in [-0.39, 0.29) is 0 Å². The van der Waals surface area contributed by atoms with Crippen LogP contribution in [-0.4, -0.2) is 22.8 Å². The van der Waals surface area contributed by atoms with Crippen LogP contribution in [0.15, 0.2) is 53.7 Å². The Bertz CT molecular complexity index is 617. The summed E-state index contributed by atoms with van der Waals surface area (Å²) in [5.74, 6) is -1.42. The van der Waals surface area contributed by atoms with Gasteiger partial charge in [-0.1, -0.05) is 12.1 Å². The van der Waals surface area contributed by atoms with Gasteiger partial charge in [0, 0.05) is 17.3 Å². The number of hydrogen-bond donors (Lipinski definition) is 1. The van der Waals surface area contributed by atoms with E-state index in [0.717, 1.165) is 0 Å². The number of carbonyl (C=O) groups excluding carboxylic acids is 1. The van der Waals surface area contributed by atoms with Crippen LogP contribution < -0.4 is 5.32 Å². The van der Waals surface area contributed by atoms with Crippen molar-refractivity contribution in [2.24, 2.45) is 0 Å². The van der Waals surface area contributed by atoms with Crippen LogP contribution in [0.4, 0.5) is 18.9 Å². The second-order valence-electron chi connectivity index (χ2n) is 4.10. The van der Waals surface area contributed by atoms with Crippen LogP contribution in [0.5, 0.6) is 0 Å². The highest BCUT2D eigenvalue weighted by Crippen LogP contribution is 2.32. The van der Waals surface area contributed by atoms with Gasteiger partial charge in [0.05, 0.1) is 17.0 Å². The van der Waals surface area contributed by atoms with Gasteiger partial charge in [-0.05, 0) is 24.3 Å². The Morgan fingerprint density at radius 2 is 1.95 bits per heavy atom. The Morgan fingerprint density at radius 3 is 2.62 bits per heavy atom. The second-order valence-corrected chi connectivity index (χ2v) is 5.11. The molecule has 1 heterocycles. The zero-order valence-electron chi connectivity index (χ0n) is 10.7. The molecule has 0 aliphatic rings. The minimum Gasteiger partial charge on any atom is -0.321 e. The molecule has 1 N–H and O–H groups in total. The number of nitrogens with one attached hydrogen (secondary N) is 1. The van der Waals surface area contributed by atoms with Crippen LogP contribution in [0.25, 0.3) is 0 Å². The molecule has 0 spiro atoms. The third kappa shape index (κ3) is 4.78. The zero-order chi connectivity index (χ0) is 15.3. The van der Waals surface area contributed by atoms with Gasteiger partial charge in [0.2, 0.25) is 0 Å². The first-order chi connectivity index (χ1) is 9.96. The lowest BCUT2D eigenvalue weighted by Gasteiger charge is -2.11. The van der Waals surface area contributed by atoms with Crippen LogP contribution in [0.1, 0.15) is 10.4 Å². The summed E-state index contributed by atoms with van der Waals surface area (Å²) in [6.07, 6.45) is -1.34. The lowest BCUT2D eigenvalue weighted by molar-refractivity contribution is -0.105. The number of benzene rings is 1. The van der Waals surface area contributed by atoms with E-state index in [2.05, 4.69) is 10.3 Å². The molecular formula is C14H11F3N2OS. The number of carbonyl (C=O) groups is 1. The fourth-order valence-corrected chi connectivity index (χ4v) is 2.32. The van der Waals surface area contributed by atoms with Crippen molar-refractivity contribution in [2.45, 2.75) is 11.1 Å². The first-order valence-electron chi connectivity index (χ1n) is 5.96. The number of para-hydroxylation sites is 1. The van der Waals surface area contributed by atoms with Gasteiger partial charge in [0.1, 0.15) is 0 Å². The fraction of sp³-hybridized carbons (Fsp3) is 0.143. The molecule has 2 aromatic rings. The molecule has 2 rings (SSSR count). The molecule has 0 radical (unpaired) electrons. The van der Waals surface area contributed by atoms with Crippen molar-refractivity contribution in [3.63, 3.8) is 0 Å². The maximum absolute atomic E-state index is 12.3. The minimum atomic E-state index is -4.26. The molecule has 1 amide bonds. The predicted octanol–water partition coefficient (Wildman–Crippen LogP) is 3.99. The quantitative estimate of drug-likeness (QED) is 0.868. The molecule has 0 saturated heterocycles. The number of halogens is 3. The predicted molar refractivity (Wildman–Crippen MR) is 75.4 cm³/mol. The Balaban J connectivity index is 2.11. The summed E-state index contributed by atoms with van der Waals surface area (Å²) in [7, 11) is 0. The van der Waals surface area contributed by atoms with Gasteiger partial charge in [-0.25, -0.2) is 0 Å². The minimum absolute atomic E-state index is 0.341. The van der Waals surface area contributed by atoms with E-state index in [1.54, 1.807) is 30.3 Å². The first kappa shape index (κ1) is 15.4. The van der Waals surface area contributed by atoms with E-state index in [1.807, 2.05) is 0 Å². The number of anilines is 1. The lowest BCUT2D eigenvalue weighted by Crippen LogP contribution is -2.14. The van der Waals surface area contributed by atoms with Gasteiger partial charge >= 0.3 is 6.18 Å². The summed E-state index contributed by atoms with van der Waals surface area (Å²) < 4.78 is 36.9. The van der Waals surface area contributed by atoms with E-state index >= 15 is 0 Å². The molecule has 0 atom stereocenters. The number of amides is 1. The van der Waals surface area contributed by atoms with Gasteiger partial charge < -0.3 is 5.32 Å². The molecule has 0 bridgehead atoms. The number of pyridine rings is 1. The average Bonchev–Trinajstić information content (AvgIpc) is 2.46. The van der Waals surface area contributed by atoms with Gasteiger partial charge in [-0.2, -0.15) is 13.2 Å². The molecule has 110 valence electrons. The first-order valence-corrected chi connectivity index (χ1v) is 6.94. The van der Waals surface area contributed by atoms with Crippen LogP contribution in [0.3, 0.4) is 0 Å². The van der Waals surface area contributed by atoms with Crippen molar-refractivity contribution in [1.29, 1.82) is 0 Å². The summed E-state index contributed by atoms with van der Waals surface area (Å²) in [6.45, 7) is 0. The van der Waals surface area contributed by atoms with Crippen molar-refractivity contribution < 1.29 is 18.0 Å². The lowest BCUT2D eigenvalue weighted by atomic mass is 10.2. The maximum atomic E-state index is 12.3. The molecule has 0 unspecified atom stereocenters. The maximum Gasteiger partial charge on any atom is 0.398 e. The smallest absolute Gasteiger partial charge is 0.321 e. The number of thioether (sulfide) groups is 1. The third-order valence-corrected chi connectivity index (χ3v) is 3.59. The zero-order valence-corrected chi connectivity index (χ0v) is 11.5. The Morgan fingerprint density at radius 1 is 1.19 bits per heavy atom. The van der Waals surface area contributed by atoms with E-state index in [0.29, 0.717) is 27.9 Å². The van der Waals surface area contributed by atoms with Gasteiger partial charge in [-0.15, -0.1) is 11.8 Å². The van der Waals surface area contributed by atoms with Crippen LogP contribution in [-0.2, 0) is 0 Å². The van der Waals surface area contributed by atoms with Crippen LogP contribution in [0.2, 0.25) is 0 Å². The Kier molecular flexibility index (Phi) is 4.85. The molecule has 7 heteroatoms. The molecule has 0 fully saturated rings. The van der Waals surface area contributed by atoms with Gasteiger partial charge in [0.25, 0.3) is 5.91 Å². The molecule has 0 aliphatic heterocycles. The average molecular weight is 312 g/mol. The van der Waals surface area contributed by atoms with Gasteiger partial charge in [-0.3, -0.25) is 9.78 Å². The fourth-order valence-electron chi connectivity index (χ4n) is 1.55.